The summed E-state index contributed by atoms with van der Waals surface area (Å²) in [6, 6.07) is 6.43. The normalized spacial score (nSPS) is 10.1. The molecule has 2 rings (SSSR count). The van der Waals surface area contributed by atoms with E-state index in [0.717, 1.165) is 5.69 Å². The highest BCUT2D eigenvalue weighted by Gasteiger charge is 2.14. The lowest BCUT2D eigenvalue weighted by Crippen LogP contribution is -2.05. The highest BCUT2D eigenvalue weighted by atomic mass is 16.6. The Morgan fingerprint density at radius 1 is 1.40 bits per heavy atom. The van der Waals surface area contributed by atoms with Crippen LogP contribution in [-0.2, 0) is 6.54 Å². The molecule has 7 heteroatoms. The Balaban J connectivity index is 2.18. The summed E-state index contributed by atoms with van der Waals surface area (Å²) in [5, 5.41) is 14.0. The first-order valence-corrected chi connectivity index (χ1v) is 5.95. The van der Waals surface area contributed by atoms with Crippen molar-refractivity contribution < 1.29 is 9.66 Å². The molecule has 2 aromatic rings. The maximum atomic E-state index is 11.0. The van der Waals surface area contributed by atoms with Gasteiger partial charge in [0, 0.05) is 6.20 Å². The van der Waals surface area contributed by atoms with Crippen molar-refractivity contribution in [1.82, 2.24) is 9.97 Å². The molecule has 0 bridgehead atoms. The number of aryl methyl sites for hydroxylation is 1. The van der Waals surface area contributed by atoms with Gasteiger partial charge >= 0.3 is 0 Å². The highest BCUT2D eigenvalue weighted by molar-refractivity contribution is 5.63. The predicted octanol–water partition coefficient (Wildman–Crippen LogP) is 2.31. The van der Waals surface area contributed by atoms with E-state index in [1.807, 2.05) is 0 Å². The molecule has 0 saturated heterocycles. The third-order valence-corrected chi connectivity index (χ3v) is 2.70. The predicted molar refractivity (Wildman–Crippen MR) is 73.7 cm³/mol. The first-order valence-electron chi connectivity index (χ1n) is 5.95. The second-order valence-electron chi connectivity index (χ2n) is 4.09. The van der Waals surface area contributed by atoms with E-state index in [9.17, 15) is 10.1 Å². The average Bonchev–Trinajstić information content (AvgIpc) is 2.45. The molecule has 1 aromatic carbocycles. The van der Waals surface area contributed by atoms with Crippen molar-refractivity contribution in [3.05, 3.63) is 52.1 Å². The van der Waals surface area contributed by atoms with Gasteiger partial charge in [-0.05, 0) is 25.1 Å². The number of nitro groups is 1. The van der Waals surface area contributed by atoms with Gasteiger partial charge in [0.1, 0.15) is 17.3 Å². The van der Waals surface area contributed by atoms with E-state index in [0.29, 0.717) is 23.8 Å². The van der Waals surface area contributed by atoms with E-state index in [1.165, 1.54) is 13.2 Å². The Hall–Kier alpha value is -2.70. The number of hydrogen-bond acceptors (Lipinski definition) is 6. The number of aromatic nitrogens is 2. The molecule has 0 atom stereocenters. The van der Waals surface area contributed by atoms with Crippen LogP contribution >= 0.6 is 0 Å². The van der Waals surface area contributed by atoms with Crippen LogP contribution in [0.25, 0.3) is 0 Å². The number of nitrogens with zero attached hydrogens (tertiary/aromatic N) is 3. The maximum absolute atomic E-state index is 11.0. The van der Waals surface area contributed by atoms with Crippen molar-refractivity contribution in [2.24, 2.45) is 0 Å². The van der Waals surface area contributed by atoms with Crippen LogP contribution in [-0.4, -0.2) is 22.0 Å². The second-order valence-corrected chi connectivity index (χ2v) is 4.09. The molecular formula is C13H14N4O3. The lowest BCUT2D eigenvalue weighted by molar-refractivity contribution is -0.384. The zero-order valence-electron chi connectivity index (χ0n) is 11.2. The van der Waals surface area contributed by atoms with Gasteiger partial charge in [-0.15, -0.1) is 0 Å². The summed E-state index contributed by atoms with van der Waals surface area (Å²) < 4.78 is 4.99. The van der Waals surface area contributed by atoms with E-state index < -0.39 is 4.92 Å². The highest BCUT2D eigenvalue weighted by Crippen LogP contribution is 2.29. The number of nitrogens with one attached hydrogen (secondary N) is 1. The van der Waals surface area contributed by atoms with E-state index in [2.05, 4.69) is 15.3 Å². The second kappa shape index (κ2) is 5.96. The molecule has 0 aliphatic heterocycles. The first kappa shape index (κ1) is 13.7. The third-order valence-electron chi connectivity index (χ3n) is 2.70. The topological polar surface area (TPSA) is 90.2 Å². The summed E-state index contributed by atoms with van der Waals surface area (Å²) in [6.07, 6.45) is 1.65. The van der Waals surface area contributed by atoms with Gasteiger partial charge in [0.2, 0.25) is 0 Å². The van der Waals surface area contributed by atoms with Crippen molar-refractivity contribution >= 4 is 11.4 Å². The molecule has 0 spiro atoms. The Morgan fingerprint density at radius 3 is 2.85 bits per heavy atom. The van der Waals surface area contributed by atoms with Crippen LogP contribution in [0, 0.1) is 17.0 Å². The Labute approximate surface area is 115 Å². The molecule has 0 unspecified atom stereocenters. The van der Waals surface area contributed by atoms with Crippen molar-refractivity contribution in [2.75, 3.05) is 12.4 Å². The molecule has 20 heavy (non-hydrogen) atoms. The van der Waals surface area contributed by atoms with Crippen LogP contribution in [0.2, 0.25) is 0 Å². The fourth-order valence-electron chi connectivity index (χ4n) is 1.73. The van der Waals surface area contributed by atoms with E-state index in [-0.39, 0.29) is 5.69 Å². The monoisotopic (exact) mass is 274 g/mol. The molecule has 0 amide bonds. The molecule has 1 heterocycles. The average molecular weight is 274 g/mol. The van der Waals surface area contributed by atoms with Gasteiger partial charge in [-0.1, -0.05) is 0 Å². The number of nitro benzene ring substituents is 1. The van der Waals surface area contributed by atoms with Crippen molar-refractivity contribution in [2.45, 2.75) is 13.5 Å². The van der Waals surface area contributed by atoms with Crippen molar-refractivity contribution in [1.29, 1.82) is 0 Å². The van der Waals surface area contributed by atoms with E-state index in [1.54, 1.807) is 31.3 Å². The lowest BCUT2D eigenvalue weighted by Gasteiger charge is -2.08. The van der Waals surface area contributed by atoms with Crippen LogP contribution in [0.1, 0.15) is 11.5 Å². The molecule has 1 N–H and O–H groups in total. The zero-order chi connectivity index (χ0) is 14.5. The molecule has 104 valence electrons. The number of methoxy groups -OCH3 is 1. The van der Waals surface area contributed by atoms with E-state index in [4.69, 9.17) is 4.74 Å². The van der Waals surface area contributed by atoms with Gasteiger partial charge in [0.05, 0.1) is 30.3 Å². The number of anilines is 1. The quantitative estimate of drug-likeness (QED) is 0.664. The number of rotatable bonds is 5. The molecular weight excluding hydrogens is 260 g/mol. The van der Waals surface area contributed by atoms with Gasteiger partial charge in [-0.2, -0.15) is 0 Å². The fraction of sp³-hybridized carbons (Fsp3) is 0.231. The fourth-order valence-corrected chi connectivity index (χ4v) is 1.73. The summed E-state index contributed by atoms with van der Waals surface area (Å²) in [7, 11) is 1.47. The molecule has 1 aromatic heterocycles. The first-order chi connectivity index (χ1) is 9.60. The van der Waals surface area contributed by atoms with Crippen LogP contribution in [0.5, 0.6) is 5.75 Å². The minimum absolute atomic E-state index is 0.0323. The van der Waals surface area contributed by atoms with Gasteiger partial charge < -0.3 is 10.1 Å². The van der Waals surface area contributed by atoms with E-state index >= 15 is 0 Å². The Morgan fingerprint density at radius 2 is 2.20 bits per heavy atom. The van der Waals surface area contributed by atoms with Gasteiger partial charge in [0.15, 0.2) is 0 Å². The Kier molecular flexibility index (Phi) is 4.09. The molecule has 0 aliphatic carbocycles. The summed E-state index contributed by atoms with van der Waals surface area (Å²) in [5.74, 6) is 1.11. The van der Waals surface area contributed by atoms with Crippen molar-refractivity contribution in [3.63, 3.8) is 0 Å². The smallest absolute Gasteiger partial charge is 0.296 e. The standard InChI is InChI=1S/C13H14N4O3/c1-9-14-6-5-10(16-9)8-15-12-4-3-11(20-2)7-13(12)17(18)19/h3-7,15H,8H2,1-2H3. The van der Waals surface area contributed by atoms with Gasteiger partial charge in [-0.3, -0.25) is 10.1 Å². The minimum atomic E-state index is -0.448. The lowest BCUT2D eigenvalue weighted by atomic mass is 10.2. The van der Waals surface area contributed by atoms with Crippen LogP contribution in [0.3, 0.4) is 0 Å². The molecule has 0 radical (unpaired) electrons. The number of benzene rings is 1. The summed E-state index contributed by atoms with van der Waals surface area (Å²) in [4.78, 5) is 18.8. The molecule has 0 aliphatic rings. The van der Waals surface area contributed by atoms with Gasteiger partial charge in [-0.25, -0.2) is 9.97 Å². The molecule has 0 saturated carbocycles. The SMILES string of the molecule is COc1ccc(NCc2ccnc(C)n2)c([N+](=O)[O-])c1. The maximum Gasteiger partial charge on any atom is 0.296 e. The summed E-state index contributed by atoms with van der Waals surface area (Å²) in [5.41, 5.74) is 1.16. The van der Waals surface area contributed by atoms with Crippen LogP contribution < -0.4 is 10.1 Å². The summed E-state index contributed by atoms with van der Waals surface area (Å²) in [6.45, 7) is 2.18. The largest absolute Gasteiger partial charge is 0.496 e. The van der Waals surface area contributed by atoms with Gasteiger partial charge in [0.25, 0.3) is 5.69 Å². The minimum Gasteiger partial charge on any atom is -0.496 e. The number of hydrogen-bond donors (Lipinski definition) is 1. The molecule has 0 fully saturated rings. The Bertz CT molecular complexity index is 631. The van der Waals surface area contributed by atoms with Crippen LogP contribution in [0.15, 0.2) is 30.5 Å². The van der Waals surface area contributed by atoms with Crippen LogP contribution in [0.4, 0.5) is 11.4 Å². The molecule has 7 nitrogen and oxygen atoms in total. The summed E-state index contributed by atoms with van der Waals surface area (Å²) >= 11 is 0. The number of ether oxygens (including phenoxy) is 1. The van der Waals surface area contributed by atoms with Crippen molar-refractivity contribution in [3.8, 4) is 5.75 Å². The third kappa shape index (κ3) is 3.19. The zero-order valence-corrected chi connectivity index (χ0v) is 11.2.